The number of fused-ring (bicyclic) bond motifs is 1. The van der Waals surface area contributed by atoms with Crippen molar-refractivity contribution in [2.24, 2.45) is 0 Å². The highest BCUT2D eigenvalue weighted by molar-refractivity contribution is 6.30. The summed E-state index contributed by atoms with van der Waals surface area (Å²) < 4.78 is 0. The van der Waals surface area contributed by atoms with Gasteiger partial charge in [-0.05, 0) is 53.4 Å². The van der Waals surface area contributed by atoms with E-state index in [4.69, 9.17) is 11.6 Å². The molecule has 0 saturated carbocycles. The molecule has 0 saturated heterocycles. The Kier molecular flexibility index (Phi) is 5.34. The molecule has 0 fully saturated rings. The minimum absolute atomic E-state index is 0.0685. The molecule has 3 rings (SSSR count). The maximum Gasteiger partial charge on any atom is 0.0583 e. The van der Waals surface area contributed by atoms with Crippen molar-refractivity contribution in [1.82, 2.24) is 0 Å². The molecule has 0 aliphatic carbocycles. The third kappa shape index (κ3) is 4.05. The van der Waals surface area contributed by atoms with Gasteiger partial charge in [0, 0.05) is 10.9 Å². The molecule has 0 amide bonds. The van der Waals surface area contributed by atoms with Crippen molar-refractivity contribution in [2.45, 2.75) is 25.4 Å². The first-order valence-electron chi connectivity index (χ1n) is 8.22. The van der Waals surface area contributed by atoms with Crippen molar-refractivity contribution in [3.05, 3.63) is 89.0 Å². The minimum Gasteiger partial charge on any atom is -0.393 e. The van der Waals surface area contributed by atoms with Gasteiger partial charge in [-0.1, -0.05) is 72.3 Å². The van der Waals surface area contributed by atoms with Crippen LogP contribution in [0.25, 0.3) is 16.8 Å². The van der Waals surface area contributed by atoms with Crippen molar-refractivity contribution in [2.75, 3.05) is 0 Å². The Morgan fingerprint density at radius 2 is 1.67 bits per heavy atom. The molecule has 0 bridgehead atoms. The molecule has 122 valence electrons. The first-order valence-corrected chi connectivity index (χ1v) is 8.60. The Morgan fingerprint density at radius 1 is 0.958 bits per heavy atom. The predicted molar refractivity (Wildman–Crippen MR) is 103 cm³/mol. The molecule has 3 aromatic rings. The van der Waals surface area contributed by atoms with Crippen LogP contribution in [-0.4, -0.2) is 11.2 Å². The Morgan fingerprint density at radius 3 is 2.38 bits per heavy atom. The van der Waals surface area contributed by atoms with E-state index in [0.29, 0.717) is 0 Å². The Hall–Kier alpha value is -2.09. The molecular weight excluding hydrogens is 316 g/mol. The highest BCUT2D eigenvalue weighted by Gasteiger charge is 2.15. The fourth-order valence-electron chi connectivity index (χ4n) is 2.98. The number of allylic oxidation sites excluding steroid dienone is 1. The van der Waals surface area contributed by atoms with Crippen LogP contribution in [0.5, 0.6) is 0 Å². The van der Waals surface area contributed by atoms with Crippen molar-refractivity contribution in [3.63, 3.8) is 0 Å². The zero-order valence-corrected chi connectivity index (χ0v) is 14.4. The van der Waals surface area contributed by atoms with Crippen molar-refractivity contribution in [3.8, 4) is 0 Å². The normalized spacial score (nSPS) is 14.1. The smallest absolute Gasteiger partial charge is 0.0583 e. The predicted octanol–water partition coefficient (Wildman–Crippen LogP) is 6.06. The molecule has 0 aliphatic heterocycles. The molecule has 2 heteroatoms. The molecule has 2 unspecified atom stereocenters. The standard InChI is InChI=1S/C22H21ClO/c1-16(24)22(19-11-13-21(23)14-12-19)8-4-5-17-9-10-18-6-2-3-7-20(18)15-17/h2-7,9-16,22,24H,8H2,1H3. The second-order valence-electron chi connectivity index (χ2n) is 6.14. The monoisotopic (exact) mass is 336 g/mol. The lowest BCUT2D eigenvalue weighted by Gasteiger charge is -2.18. The lowest BCUT2D eigenvalue weighted by Crippen LogP contribution is -2.13. The summed E-state index contributed by atoms with van der Waals surface area (Å²) in [5.41, 5.74) is 2.28. The fourth-order valence-corrected chi connectivity index (χ4v) is 3.11. The van der Waals surface area contributed by atoms with Gasteiger partial charge in [0.2, 0.25) is 0 Å². The van der Waals surface area contributed by atoms with Gasteiger partial charge in [0.25, 0.3) is 0 Å². The van der Waals surface area contributed by atoms with Gasteiger partial charge in [0.1, 0.15) is 0 Å². The van der Waals surface area contributed by atoms with Gasteiger partial charge < -0.3 is 5.11 Å². The number of hydrogen-bond acceptors (Lipinski definition) is 1. The number of aliphatic hydroxyl groups is 1. The molecule has 1 N–H and O–H groups in total. The number of halogens is 1. The third-order valence-corrected chi connectivity index (χ3v) is 4.61. The summed E-state index contributed by atoms with van der Waals surface area (Å²) >= 11 is 5.95. The fraction of sp³-hybridized carbons (Fsp3) is 0.182. The van der Waals surface area contributed by atoms with Gasteiger partial charge in [-0.3, -0.25) is 0 Å². The quantitative estimate of drug-likeness (QED) is 0.600. The molecule has 0 heterocycles. The van der Waals surface area contributed by atoms with E-state index in [1.54, 1.807) is 0 Å². The zero-order valence-electron chi connectivity index (χ0n) is 13.7. The van der Waals surface area contributed by atoms with Gasteiger partial charge >= 0.3 is 0 Å². The number of rotatable bonds is 5. The first-order chi connectivity index (χ1) is 11.6. The molecule has 0 aliphatic rings. The number of aliphatic hydroxyl groups excluding tert-OH is 1. The van der Waals surface area contributed by atoms with Gasteiger partial charge in [-0.2, -0.15) is 0 Å². The average Bonchev–Trinajstić information content (AvgIpc) is 2.59. The van der Waals surface area contributed by atoms with Crippen LogP contribution in [0.4, 0.5) is 0 Å². The maximum atomic E-state index is 10.1. The van der Waals surface area contributed by atoms with Gasteiger partial charge in [-0.25, -0.2) is 0 Å². The summed E-state index contributed by atoms with van der Waals surface area (Å²) in [5, 5.41) is 13.3. The summed E-state index contributed by atoms with van der Waals surface area (Å²) in [6.07, 6.45) is 4.63. The lowest BCUT2D eigenvalue weighted by atomic mass is 9.91. The molecular formula is C22H21ClO. The Bertz CT molecular complexity index is 834. The maximum absolute atomic E-state index is 10.1. The second-order valence-corrected chi connectivity index (χ2v) is 6.58. The van der Waals surface area contributed by atoms with Gasteiger partial charge in [0.15, 0.2) is 0 Å². The van der Waals surface area contributed by atoms with Crippen LogP contribution < -0.4 is 0 Å². The van der Waals surface area contributed by atoms with Gasteiger partial charge in [-0.15, -0.1) is 0 Å². The summed E-state index contributed by atoms with van der Waals surface area (Å²) in [6, 6.07) is 22.5. The highest BCUT2D eigenvalue weighted by Crippen LogP contribution is 2.26. The van der Waals surface area contributed by atoms with E-state index in [9.17, 15) is 5.11 Å². The number of benzene rings is 3. The summed E-state index contributed by atoms with van der Waals surface area (Å²) in [7, 11) is 0. The largest absolute Gasteiger partial charge is 0.393 e. The van der Waals surface area contributed by atoms with Crippen LogP contribution >= 0.6 is 11.6 Å². The topological polar surface area (TPSA) is 20.2 Å². The van der Waals surface area contributed by atoms with Crippen LogP contribution in [0.3, 0.4) is 0 Å². The van der Waals surface area contributed by atoms with Crippen LogP contribution in [0, 0.1) is 0 Å². The van der Waals surface area contributed by atoms with E-state index < -0.39 is 6.10 Å². The molecule has 3 aromatic carbocycles. The van der Waals surface area contributed by atoms with E-state index in [2.05, 4.69) is 54.6 Å². The number of hydrogen-bond donors (Lipinski definition) is 1. The van der Waals surface area contributed by atoms with Gasteiger partial charge in [0.05, 0.1) is 6.10 Å². The van der Waals surface area contributed by atoms with Crippen molar-refractivity contribution in [1.29, 1.82) is 0 Å². The molecule has 0 radical (unpaired) electrons. The zero-order chi connectivity index (χ0) is 16.9. The molecule has 1 nitrogen and oxygen atoms in total. The highest BCUT2D eigenvalue weighted by atomic mass is 35.5. The Labute approximate surface area is 148 Å². The van der Waals surface area contributed by atoms with Crippen LogP contribution in [0.1, 0.15) is 30.4 Å². The summed E-state index contributed by atoms with van der Waals surface area (Å²) in [4.78, 5) is 0. The SMILES string of the molecule is CC(O)C(CC=Cc1ccc2ccccc2c1)c1ccc(Cl)cc1. The molecule has 24 heavy (non-hydrogen) atoms. The molecule has 0 aromatic heterocycles. The van der Waals surface area contributed by atoms with Crippen LogP contribution in [0.2, 0.25) is 5.02 Å². The minimum atomic E-state index is -0.410. The van der Waals surface area contributed by atoms with E-state index >= 15 is 0 Å². The molecule has 2 atom stereocenters. The third-order valence-electron chi connectivity index (χ3n) is 4.35. The van der Waals surface area contributed by atoms with E-state index in [1.807, 2.05) is 31.2 Å². The average molecular weight is 337 g/mol. The van der Waals surface area contributed by atoms with E-state index in [1.165, 1.54) is 16.3 Å². The van der Waals surface area contributed by atoms with E-state index in [-0.39, 0.29) is 5.92 Å². The van der Waals surface area contributed by atoms with Crippen molar-refractivity contribution >= 4 is 28.4 Å². The second kappa shape index (κ2) is 7.65. The molecule has 0 spiro atoms. The summed E-state index contributed by atoms with van der Waals surface area (Å²) in [5.74, 6) is 0.0685. The van der Waals surface area contributed by atoms with Crippen LogP contribution in [0.15, 0.2) is 72.8 Å². The first kappa shape index (κ1) is 16.8. The van der Waals surface area contributed by atoms with Crippen molar-refractivity contribution < 1.29 is 5.11 Å². The van der Waals surface area contributed by atoms with E-state index in [0.717, 1.165) is 17.0 Å². The summed E-state index contributed by atoms with van der Waals surface area (Å²) in [6.45, 7) is 1.84. The van der Waals surface area contributed by atoms with Crippen LogP contribution in [-0.2, 0) is 0 Å². The lowest BCUT2D eigenvalue weighted by molar-refractivity contribution is 0.163. The Balaban J connectivity index is 1.75.